The first kappa shape index (κ1) is 20.5. The van der Waals surface area contributed by atoms with Gasteiger partial charge in [0.1, 0.15) is 0 Å². The van der Waals surface area contributed by atoms with E-state index in [9.17, 15) is 4.79 Å². The molecule has 0 saturated carbocycles. The fourth-order valence-corrected chi connectivity index (χ4v) is 3.96. The number of likely N-dealkylation sites (tertiary alicyclic amines) is 1. The number of halogens is 2. The van der Waals surface area contributed by atoms with Gasteiger partial charge in [0.25, 0.3) is 0 Å². The summed E-state index contributed by atoms with van der Waals surface area (Å²) in [5.74, 6) is 1.27. The van der Waals surface area contributed by atoms with Gasteiger partial charge in [0.15, 0.2) is 0 Å². The average molecular weight is 385 g/mol. The van der Waals surface area contributed by atoms with Gasteiger partial charge in [-0.3, -0.25) is 9.69 Å². The topological polar surface area (TPSA) is 32.3 Å². The quantitative estimate of drug-likeness (QED) is 0.747. The van der Waals surface area contributed by atoms with E-state index in [1.807, 2.05) is 18.2 Å². The number of carbonyl (C=O) groups excluding carboxylic acids is 1. The summed E-state index contributed by atoms with van der Waals surface area (Å²) in [6.45, 7) is 11.4. The molecular formula is C20H30Cl2N2O. The van der Waals surface area contributed by atoms with Crippen LogP contribution in [0.3, 0.4) is 0 Å². The van der Waals surface area contributed by atoms with Gasteiger partial charge in [0.2, 0.25) is 5.91 Å². The molecule has 0 radical (unpaired) electrons. The van der Waals surface area contributed by atoms with E-state index in [1.54, 1.807) is 0 Å². The molecule has 0 spiro atoms. The Labute approximate surface area is 162 Å². The van der Waals surface area contributed by atoms with Crippen molar-refractivity contribution in [3.05, 3.63) is 33.8 Å². The molecule has 1 amide bonds. The number of amides is 1. The zero-order valence-electron chi connectivity index (χ0n) is 15.7. The molecule has 1 aliphatic heterocycles. The van der Waals surface area contributed by atoms with Crippen molar-refractivity contribution in [3.8, 4) is 0 Å². The lowest BCUT2D eigenvalue weighted by atomic mass is 9.90. The highest BCUT2D eigenvalue weighted by atomic mass is 35.5. The summed E-state index contributed by atoms with van der Waals surface area (Å²) in [6, 6.07) is 6.04. The summed E-state index contributed by atoms with van der Waals surface area (Å²) in [4.78, 5) is 15.0. The van der Waals surface area contributed by atoms with E-state index in [-0.39, 0.29) is 17.9 Å². The molecule has 0 aliphatic carbocycles. The molecule has 0 unspecified atom stereocenters. The Morgan fingerprint density at radius 3 is 2.24 bits per heavy atom. The summed E-state index contributed by atoms with van der Waals surface area (Å²) in [5, 5.41) is 4.46. The smallest absolute Gasteiger partial charge is 0.223 e. The van der Waals surface area contributed by atoms with Gasteiger partial charge in [0, 0.05) is 18.5 Å². The molecule has 2 rings (SSSR count). The Hall–Kier alpha value is -0.770. The van der Waals surface area contributed by atoms with Crippen LogP contribution in [0.4, 0.5) is 0 Å². The van der Waals surface area contributed by atoms with Crippen LogP contribution >= 0.6 is 23.2 Å². The minimum absolute atomic E-state index is 0.130. The molecule has 5 heteroatoms. The molecule has 140 valence electrons. The number of benzene rings is 1. The Balaban J connectivity index is 1.84. The van der Waals surface area contributed by atoms with Crippen molar-refractivity contribution < 1.29 is 4.79 Å². The maximum Gasteiger partial charge on any atom is 0.223 e. The van der Waals surface area contributed by atoms with Crippen LogP contribution in [0.15, 0.2) is 18.2 Å². The number of hydrogen-bond acceptors (Lipinski definition) is 2. The fourth-order valence-electron chi connectivity index (χ4n) is 3.63. The normalized spacial score (nSPS) is 16.8. The lowest BCUT2D eigenvalue weighted by Gasteiger charge is -2.33. The summed E-state index contributed by atoms with van der Waals surface area (Å²) >= 11 is 12.1. The molecule has 0 aromatic heterocycles. The molecular weight excluding hydrogens is 355 g/mol. The highest BCUT2D eigenvalue weighted by Crippen LogP contribution is 2.25. The number of nitrogens with zero attached hydrogens (tertiary/aromatic N) is 1. The zero-order chi connectivity index (χ0) is 18.6. The van der Waals surface area contributed by atoms with Crippen molar-refractivity contribution in [2.75, 3.05) is 13.1 Å². The van der Waals surface area contributed by atoms with E-state index in [1.165, 1.54) is 0 Å². The van der Waals surface area contributed by atoms with E-state index >= 15 is 0 Å². The van der Waals surface area contributed by atoms with Crippen molar-refractivity contribution in [2.24, 2.45) is 17.8 Å². The number of carbonyl (C=O) groups is 1. The zero-order valence-corrected chi connectivity index (χ0v) is 17.2. The number of nitrogens with one attached hydrogen (secondary N) is 1. The lowest BCUT2D eigenvalue weighted by molar-refractivity contribution is -0.127. The third-order valence-corrected chi connectivity index (χ3v) is 5.83. The predicted molar refractivity (Wildman–Crippen MR) is 106 cm³/mol. The van der Waals surface area contributed by atoms with Gasteiger partial charge in [0.05, 0.1) is 10.0 Å². The van der Waals surface area contributed by atoms with E-state index in [2.05, 4.69) is 37.9 Å². The van der Waals surface area contributed by atoms with Gasteiger partial charge in [-0.25, -0.2) is 0 Å². The monoisotopic (exact) mass is 384 g/mol. The van der Waals surface area contributed by atoms with Crippen LogP contribution in [0.1, 0.15) is 46.1 Å². The highest BCUT2D eigenvalue weighted by Gasteiger charge is 2.28. The molecule has 1 heterocycles. The molecule has 0 bridgehead atoms. The molecule has 1 saturated heterocycles. The first-order valence-electron chi connectivity index (χ1n) is 9.24. The Bertz CT molecular complexity index is 573. The first-order valence-corrected chi connectivity index (χ1v) is 10.00. The van der Waals surface area contributed by atoms with Crippen molar-refractivity contribution >= 4 is 29.1 Å². The van der Waals surface area contributed by atoms with Crippen molar-refractivity contribution in [3.63, 3.8) is 0 Å². The molecule has 1 N–H and O–H groups in total. The minimum Gasteiger partial charge on any atom is -0.353 e. The van der Waals surface area contributed by atoms with Crippen LogP contribution < -0.4 is 5.32 Å². The molecule has 1 aromatic rings. The Kier molecular flexibility index (Phi) is 7.60. The van der Waals surface area contributed by atoms with Crippen molar-refractivity contribution in [1.29, 1.82) is 0 Å². The minimum atomic E-state index is 0.130. The van der Waals surface area contributed by atoms with Crippen LogP contribution in [0.5, 0.6) is 0 Å². The maximum atomic E-state index is 12.6. The van der Waals surface area contributed by atoms with E-state index in [4.69, 9.17) is 23.2 Å². The predicted octanol–water partition coefficient (Wildman–Crippen LogP) is 5.00. The third kappa shape index (κ3) is 5.87. The van der Waals surface area contributed by atoms with Crippen LogP contribution in [0, 0.1) is 17.8 Å². The van der Waals surface area contributed by atoms with Gasteiger partial charge >= 0.3 is 0 Å². The molecule has 0 atom stereocenters. The SMILES string of the molecule is CC(C)C(NC(=O)C1CCN(Cc2ccc(Cl)c(Cl)c2)CC1)C(C)C. The highest BCUT2D eigenvalue weighted by molar-refractivity contribution is 6.42. The van der Waals surface area contributed by atoms with Crippen LogP contribution in [0.25, 0.3) is 0 Å². The molecule has 1 fully saturated rings. The van der Waals surface area contributed by atoms with Crippen LogP contribution in [0.2, 0.25) is 10.0 Å². The van der Waals surface area contributed by atoms with Gasteiger partial charge in [-0.05, 0) is 55.5 Å². The van der Waals surface area contributed by atoms with Crippen molar-refractivity contribution in [1.82, 2.24) is 10.2 Å². The van der Waals surface area contributed by atoms with Crippen molar-refractivity contribution in [2.45, 2.75) is 53.1 Å². The Morgan fingerprint density at radius 2 is 1.72 bits per heavy atom. The second kappa shape index (κ2) is 9.25. The first-order chi connectivity index (χ1) is 11.8. The van der Waals surface area contributed by atoms with Crippen LogP contribution in [-0.2, 0) is 11.3 Å². The molecule has 3 nitrogen and oxygen atoms in total. The molecule has 1 aliphatic rings. The van der Waals surface area contributed by atoms with Crippen LogP contribution in [-0.4, -0.2) is 29.9 Å². The van der Waals surface area contributed by atoms with Gasteiger partial charge < -0.3 is 5.32 Å². The fraction of sp³-hybridized carbons (Fsp3) is 0.650. The lowest BCUT2D eigenvalue weighted by Crippen LogP contribution is -2.47. The van der Waals surface area contributed by atoms with E-state index in [0.29, 0.717) is 21.9 Å². The number of rotatable bonds is 6. The molecule has 1 aromatic carbocycles. The standard InChI is InChI=1S/C20H30Cl2N2O/c1-13(2)19(14(3)4)23-20(25)16-7-9-24(10-8-16)12-15-5-6-17(21)18(22)11-15/h5-6,11,13-14,16,19H,7-10,12H2,1-4H3,(H,23,25). The van der Waals surface area contributed by atoms with Gasteiger partial charge in [-0.1, -0.05) is 57.0 Å². The second-order valence-corrected chi connectivity index (χ2v) is 8.64. The van der Waals surface area contributed by atoms with Gasteiger partial charge in [-0.2, -0.15) is 0 Å². The summed E-state index contributed by atoms with van der Waals surface area (Å²) in [5.41, 5.74) is 1.16. The molecule has 25 heavy (non-hydrogen) atoms. The largest absolute Gasteiger partial charge is 0.353 e. The van der Waals surface area contributed by atoms with Gasteiger partial charge in [-0.15, -0.1) is 0 Å². The Morgan fingerprint density at radius 1 is 1.12 bits per heavy atom. The number of hydrogen-bond donors (Lipinski definition) is 1. The van der Waals surface area contributed by atoms with E-state index < -0.39 is 0 Å². The average Bonchev–Trinajstić information content (AvgIpc) is 2.56. The number of piperidine rings is 1. The summed E-state index contributed by atoms with van der Waals surface area (Å²) in [6.07, 6.45) is 1.83. The summed E-state index contributed by atoms with van der Waals surface area (Å²) in [7, 11) is 0. The van der Waals surface area contributed by atoms with E-state index in [0.717, 1.165) is 38.0 Å². The third-order valence-electron chi connectivity index (χ3n) is 5.09. The second-order valence-electron chi connectivity index (χ2n) is 7.82. The maximum absolute atomic E-state index is 12.6. The summed E-state index contributed by atoms with van der Waals surface area (Å²) < 4.78 is 0.